The maximum absolute atomic E-state index is 10.5. The van der Waals surface area contributed by atoms with Gasteiger partial charge in [-0.2, -0.15) is 0 Å². The van der Waals surface area contributed by atoms with Gasteiger partial charge in [0.1, 0.15) is 0 Å². The number of esters is 1. The Morgan fingerprint density at radius 3 is 2.47 bits per heavy atom. The molecular weight excluding hydrogens is 188 g/mol. The van der Waals surface area contributed by atoms with Crippen LogP contribution in [0, 0.1) is 6.92 Å². The highest BCUT2D eigenvalue weighted by atomic mass is 16.5. The van der Waals surface area contributed by atoms with E-state index in [9.17, 15) is 4.79 Å². The second kappa shape index (κ2) is 6.23. The van der Waals surface area contributed by atoms with Crippen molar-refractivity contribution in [1.29, 1.82) is 0 Å². The van der Waals surface area contributed by atoms with Gasteiger partial charge in [0, 0.05) is 6.92 Å². The molecule has 0 saturated carbocycles. The Hall–Kier alpha value is -1.31. The fourth-order valence-electron chi connectivity index (χ4n) is 1.40. The summed E-state index contributed by atoms with van der Waals surface area (Å²) in [4.78, 5) is 10.5. The number of carbonyl (C=O) groups excluding carboxylic acids is 1. The summed E-state index contributed by atoms with van der Waals surface area (Å²) in [5.41, 5.74) is 2.64. The fraction of sp³-hybridized carbons (Fsp3) is 0.462. The number of ether oxygens (including phenoxy) is 1. The van der Waals surface area contributed by atoms with Crippen molar-refractivity contribution < 1.29 is 9.53 Å². The van der Waals surface area contributed by atoms with Crippen molar-refractivity contribution in [2.24, 2.45) is 0 Å². The van der Waals surface area contributed by atoms with Crippen LogP contribution in [0.3, 0.4) is 0 Å². The van der Waals surface area contributed by atoms with Gasteiger partial charge in [-0.25, -0.2) is 0 Å². The van der Waals surface area contributed by atoms with Crippen LogP contribution in [0.2, 0.25) is 0 Å². The molecule has 0 aliphatic heterocycles. The van der Waals surface area contributed by atoms with Crippen LogP contribution in [0.1, 0.15) is 30.9 Å². The second-order valence-electron chi connectivity index (χ2n) is 3.78. The molecule has 0 unspecified atom stereocenters. The Balaban J connectivity index is 2.15. The minimum Gasteiger partial charge on any atom is -0.466 e. The average molecular weight is 206 g/mol. The van der Waals surface area contributed by atoms with Crippen LogP contribution in [-0.2, 0) is 16.0 Å². The summed E-state index contributed by atoms with van der Waals surface area (Å²) < 4.78 is 4.86. The van der Waals surface area contributed by atoms with Crippen LogP contribution >= 0.6 is 0 Å². The van der Waals surface area contributed by atoms with Gasteiger partial charge in [0.25, 0.3) is 0 Å². The summed E-state index contributed by atoms with van der Waals surface area (Å²) >= 11 is 0. The number of hydrogen-bond donors (Lipinski definition) is 0. The quantitative estimate of drug-likeness (QED) is 0.547. The lowest BCUT2D eigenvalue weighted by molar-refractivity contribution is -0.141. The Kier molecular flexibility index (Phi) is 4.88. The van der Waals surface area contributed by atoms with E-state index in [2.05, 4.69) is 31.2 Å². The first kappa shape index (κ1) is 11.8. The largest absolute Gasteiger partial charge is 0.466 e. The number of carbonyl (C=O) groups is 1. The molecule has 0 fully saturated rings. The predicted molar refractivity (Wildman–Crippen MR) is 60.8 cm³/mol. The zero-order valence-corrected chi connectivity index (χ0v) is 9.45. The highest BCUT2D eigenvalue weighted by Gasteiger charge is 1.95. The standard InChI is InChI=1S/C13H18O2/c1-11-6-8-13(9-7-11)5-3-4-10-15-12(2)14/h6-9H,3-5,10H2,1-2H3. The molecule has 0 heterocycles. The lowest BCUT2D eigenvalue weighted by atomic mass is 10.1. The zero-order chi connectivity index (χ0) is 11.1. The molecule has 0 spiro atoms. The molecule has 0 aliphatic rings. The van der Waals surface area contributed by atoms with Crippen molar-refractivity contribution in [3.05, 3.63) is 35.4 Å². The monoisotopic (exact) mass is 206 g/mol. The highest BCUT2D eigenvalue weighted by molar-refractivity contribution is 5.65. The van der Waals surface area contributed by atoms with E-state index in [0.29, 0.717) is 6.61 Å². The topological polar surface area (TPSA) is 26.3 Å². The van der Waals surface area contributed by atoms with Gasteiger partial charge in [-0.05, 0) is 31.7 Å². The molecule has 15 heavy (non-hydrogen) atoms. The summed E-state index contributed by atoms with van der Waals surface area (Å²) in [5, 5.41) is 0. The molecule has 2 heteroatoms. The second-order valence-corrected chi connectivity index (χ2v) is 3.78. The molecule has 0 aromatic heterocycles. The minimum atomic E-state index is -0.190. The van der Waals surface area contributed by atoms with Crippen LogP contribution in [-0.4, -0.2) is 12.6 Å². The predicted octanol–water partition coefficient (Wildman–Crippen LogP) is 2.88. The first-order chi connectivity index (χ1) is 7.18. The minimum absolute atomic E-state index is 0.190. The zero-order valence-electron chi connectivity index (χ0n) is 9.45. The van der Waals surface area contributed by atoms with Gasteiger partial charge in [0.2, 0.25) is 0 Å². The molecule has 0 bridgehead atoms. The SMILES string of the molecule is CC(=O)OCCCCc1ccc(C)cc1. The summed E-state index contributed by atoms with van der Waals surface area (Å²) in [7, 11) is 0. The van der Waals surface area contributed by atoms with E-state index < -0.39 is 0 Å². The Labute approximate surface area is 91.3 Å². The van der Waals surface area contributed by atoms with Crippen molar-refractivity contribution in [1.82, 2.24) is 0 Å². The van der Waals surface area contributed by atoms with Crippen molar-refractivity contribution in [2.45, 2.75) is 33.1 Å². The Bertz CT molecular complexity index is 301. The lowest BCUT2D eigenvalue weighted by Crippen LogP contribution is -2.00. The molecule has 0 amide bonds. The first-order valence-corrected chi connectivity index (χ1v) is 5.37. The molecule has 1 aromatic rings. The van der Waals surface area contributed by atoms with Crippen LogP contribution < -0.4 is 0 Å². The molecule has 2 nitrogen and oxygen atoms in total. The van der Waals surface area contributed by atoms with E-state index in [1.54, 1.807) is 0 Å². The van der Waals surface area contributed by atoms with Gasteiger partial charge in [-0.15, -0.1) is 0 Å². The number of aryl methyl sites for hydroxylation is 2. The molecule has 0 atom stereocenters. The maximum atomic E-state index is 10.5. The van der Waals surface area contributed by atoms with Crippen LogP contribution in [0.4, 0.5) is 0 Å². The van der Waals surface area contributed by atoms with Crippen molar-refractivity contribution in [3.8, 4) is 0 Å². The average Bonchev–Trinajstić information content (AvgIpc) is 2.20. The third kappa shape index (κ3) is 5.21. The van der Waals surface area contributed by atoms with E-state index >= 15 is 0 Å². The summed E-state index contributed by atoms with van der Waals surface area (Å²) in [6.45, 7) is 4.08. The van der Waals surface area contributed by atoms with Gasteiger partial charge in [0.15, 0.2) is 0 Å². The van der Waals surface area contributed by atoms with E-state index in [4.69, 9.17) is 4.74 Å². The first-order valence-electron chi connectivity index (χ1n) is 5.37. The van der Waals surface area contributed by atoms with Crippen LogP contribution in [0.15, 0.2) is 24.3 Å². The molecule has 82 valence electrons. The van der Waals surface area contributed by atoms with Crippen molar-refractivity contribution >= 4 is 5.97 Å². The molecule has 1 aromatic carbocycles. The molecule has 0 radical (unpaired) electrons. The van der Waals surface area contributed by atoms with Gasteiger partial charge in [-0.3, -0.25) is 4.79 Å². The molecule has 0 N–H and O–H groups in total. The van der Waals surface area contributed by atoms with Gasteiger partial charge >= 0.3 is 5.97 Å². The van der Waals surface area contributed by atoms with E-state index in [1.165, 1.54) is 18.1 Å². The third-order valence-electron chi connectivity index (χ3n) is 2.29. The summed E-state index contributed by atoms with van der Waals surface area (Å²) in [5.74, 6) is -0.190. The highest BCUT2D eigenvalue weighted by Crippen LogP contribution is 2.07. The smallest absolute Gasteiger partial charge is 0.302 e. The molecular formula is C13H18O2. The van der Waals surface area contributed by atoms with E-state index in [1.807, 2.05) is 0 Å². The van der Waals surface area contributed by atoms with E-state index in [-0.39, 0.29) is 5.97 Å². The van der Waals surface area contributed by atoms with Gasteiger partial charge < -0.3 is 4.74 Å². The maximum Gasteiger partial charge on any atom is 0.302 e. The summed E-state index contributed by atoms with van der Waals surface area (Å²) in [6, 6.07) is 8.56. The third-order valence-corrected chi connectivity index (χ3v) is 2.29. The number of unbranched alkanes of at least 4 members (excludes halogenated alkanes) is 1. The molecule has 0 saturated heterocycles. The molecule has 0 aliphatic carbocycles. The Morgan fingerprint density at radius 2 is 1.87 bits per heavy atom. The summed E-state index contributed by atoms with van der Waals surface area (Å²) in [6.07, 6.45) is 3.06. The molecule has 1 rings (SSSR count). The van der Waals surface area contributed by atoms with E-state index in [0.717, 1.165) is 19.3 Å². The van der Waals surface area contributed by atoms with Gasteiger partial charge in [0.05, 0.1) is 6.61 Å². The Morgan fingerprint density at radius 1 is 1.20 bits per heavy atom. The van der Waals surface area contributed by atoms with Crippen molar-refractivity contribution in [2.75, 3.05) is 6.61 Å². The van der Waals surface area contributed by atoms with Crippen molar-refractivity contribution in [3.63, 3.8) is 0 Å². The lowest BCUT2D eigenvalue weighted by Gasteiger charge is -2.03. The number of rotatable bonds is 5. The normalized spacial score (nSPS) is 10.0. The van der Waals surface area contributed by atoms with Crippen LogP contribution in [0.25, 0.3) is 0 Å². The van der Waals surface area contributed by atoms with Gasteiger partial charge in [-0.1, -0.05) is 29.8 Å². The fourth-order valence-corrected chi connectivity index (χ4v) is 1.40. The number of benzene rings is 1. The number of hydrogen-bond acceptors (Lipinski definition) is 2. The van der Waals surface area contributed by atoms with Crippen LogP contribution in [0.5, 0.6) is 0 Å².